The molecule has 0 saturated carbocycles. The number of alkyl halides is 3. The zero-order valence-electron chi connectivity index (χ0n) is 16.5. The number of benzene rings is 1. The molecule has 0 fully saturated rings. The molecule has 0 spiro atoms. The van der Waals surface area contributed by atoms with Crippen molar-refractivity contribution in [3.8, 4) is 5.75 Å². The predicted molar refractivity (Wildman–Crippen MR) is 101 cm³/mol. The maximum absolute atomic E-state index is 13.4. The SMILES string of the molecule is COc1ccccc1C(=O)NCCC(=O)NCCC(O)(c1nccn1C)C(F)(F)F. The first-order valence-corrected chi connectivity index (χ1v) is 9.05. The van der Waals surface area contributed by atoms with Crippen molar-refractivity contribution < 1.29 is 32.6 Å². The molecular weight excluding hydrogens is 405 g/mol. The van der Waals surface area contributed by atoms with Crippen molar-refractivity contribution in [1.82, 2.24) is 20.2 Å². The molecular formula is C19H23F3N4O4. The number of imidazole rings is 1. The Labute approximate surface area is 171 Å². The van der Waals surface area contributed by atoms with E-state index in [2.05, 4.69) is 15.6 Å². The zero-order chi connectivity index (χ0) is 22.4. The molecule has 1 aromatic heterocycles. The number of hydrogen-bond acceptors (Lipinski definition) is 5. The third-order valence-electron chi connectivity index (χ3n) is 4.46. The van der Waals surface area contributed by atoms with E-state index in [1.165, 1.54) is 20.4 Å². The van der Waals surface area contributed by atoms with Gasteiger partial charge >= 0.3 is 6.18 Å². The maximum atomic E-state index is 13.4. The Morgan fingerprint density at radius 2 is 1.90 bits per heavy atom. The molecule has 1 aromatic carbocycles. The first-order chi connectivity index (χ1) is 14.1. The number of rotatable bonds is 9. The van der Waals surface area contributed by atoms with Crippen LogP contribution in [0.3, 0.4) is 0 Å². The summed E-state index contributed by atoms with van der Waals surface area (Å²) in [6.45, 7) is -0.451. The molecule has 0 bridgehead atoms. The van der Waals surface area contributed by atoms with Crippen LogP contribution < -0.4 is 15.4 Å². The minimum absolute atomic E-state index is 0.0222. The summed E-state index contributed by atoms with van der Waals surface area (Å²) >= 11 is 0. The van der Waals surface area contributed by atoms with Gasteiger partial charge in [0.05, 0.1) is 12.7 Å². The molecule has 30 heavy (non-hydrogen) atoms. The van der Waals surface area contributed by atoms with Gasteiger partial charge in [-0.1, -0.05) is 12.1 Å². The van der Waals surface area contributed by atoms with Crippen molar-refractivity contribution in [3.05, 3.63) is 48.0 Å². The van der Waals surface area contributed by atoms with Gasteiger partial charge in [0.25, 0.3) is 5.91 Å². The lowest BCUT2D eigenvalue weighted by Gasteiger charge is -2.30. The summed E-state index contributed by atoms with van der Waals surface area (Å²) in [5.74, 6) is -1.20. The molecule has 0 aliphatic rings. The first kappa shape index (κ1) is 23.2. The van der Waals surface area contributed by atoms with E-state index < -0.39 is 42.4 Å². The number of ether oxygens (including phenoxy) is 1. The number of para-hydroxylation sites is 1. The largest absolute Gasteiger partial charge is 0.496 e. The van der Waals surface area contributed by atoms with Crippen molar-refractivity contribution >= 4 is 11.8 Å². The number of nitrogens with one attached hydrogen (secondary N) is 2. The number of hydrogen-bond donors (Lipinski definition) is 3. The van der Waals surface area contributed by atoms with Crippen LogP contribution in [0.5, 0.6) is 5.75 Å². The van der Waals surface area contributed by atoms with Crippen LogP contribution in [0.25, 0.3) is 0 Å². The van der Waals surface area contributed by atoms with Crippen molar-refractivity contribution in [3.63, 3.8) is 0 Å². The number of carbonyl (C=O) groups excluding carboxylic acids is 2. The van der Waals surface area contributed by atoms with Crippen LogP contribution in [0.2, 0.25) is 0 Å². The van der Waals surface area contributed by atoms with E-state index in [1.807, 2.05) is 0 Å². The van der Waals surface area contributed by atoms with E-state index in [1.54, 1.807) is 24.3 Å². The molecule has 1 atom stereocenters. The van der Waals surface area contributed by atoms with Crippen LogP contribution in [0, 0.1) is 0 Å². The number of aromatic nitrogens is 2. The second kappa shape index (κ2) is 9.61. The molecule has 11 heteroatoms. The van der Waals surface area contributed by atoms with Crippen molar-refractivity contribution in [2.75, 3.05) is 20.2 Å². The minimum atomic E-state index is -4.97. The normalized spacial score (nSPS) is 13.4. The summed E-state index contributed by atoms with van der Waals surface area (Å²) in [6.07, 6.45) is -3.49. The lowest BCUT2D eigenvalue weighted by molar-refractivity contribution is -0.272. The van der Waals surface area contributed by atoms with Crippen molar-refractivity contribution in [1.29, 1.82) is 0 Å². The summed E-state index contributed by atoms with van der Waals surface area (Å²) in [6, 6.07) is 6.54. The van der Waals surface area contributed by atoms with Crippen molar-refractivity contribution in [2.24, 2.45) is 7.05 Å². The topological polar surface area (TPSA) is 105 Å². The monoisotopic (exact) mass is 428 g/mol. The molecule has 2 amide bonds. The quantitative estimate of drug-likeness (QED) is 0.562. The number of aliphatic hydroxyl groups is 1. The zero-order valence-corrected chi connectivity index (χ0v) is 16.5. The Hall–Kier alpha value is -3.08. The summed E-state index contributed by atoms with van der Waals surface area (Å²) in [5.41, 5.74) is -2.90. The fourth-order valence-electron chi connectivity index (χ4n) is 2.83. The molecule has 0 aliphatic heterocycles. The van der Waals surface area contributed by atoms with Gasteiger partial charge in [0, 0.05) is 45.4 Å². The average Bonchev–Trinajstić information content (AvgIpc) is 3.13. The maximum Gasteiger partial charge on any atom is 0.424 e. The van der Waals surface area contributed by atoms with Gasteiger partial charge in [-0.3, -0.25) is 9.59 Å². The van der Waals surface area contributed by atoms with Gasteiger partial charge in [-0.25, -0.2) is 4.98 Å². The molecule has 8 nitrogen and oxygen atoms in total. The van der Waals surface area contributed by atoms with E-state index >= 15 is 0 Å². The highest BCUT2D eigenvalue weighted by Gasteiger charge is 2.57. The second-order valence-corrected chi connectivity index (χ2v) is 6.53. The summed E-state index contributed by atoms with van der Waals surface area (Å²) in [7, 11) is 2.76. The molecule has 0 aliphatic carbocycles. The van der Waals surface area contributed by atoms with E-state index in [-0.39, 0.29) is 13.0 Å². The van der Waals surface area contributed by atoms with E-state index in [4.69, 9.17) is 4.74 Å². The second-order valence-electron chi connectivity index (χ2n) is 6.53. The molecule has 0 saturated heterocycles. The first-order valence-electron chi connectivity index (χ1n) is 9.05. The highest BCUT2D eigenvalue weighted by atomic mass is 19.4. The number of halogens is 3. The van der Waals surface area contributed by atoms with Gasteiger partial charge in [-0.15, -0.1) is 0 Å². The number of methoxy groups -OCH3 is 1. The number of aryl methyl sites for hydroxylation is 1. The molecule has 1 heterocycles. The smallest absolute Gasteiger partial charge is 0.424 e. The number of nitrogens with zero attached hydrogens (tertiary/aromatic N) is 2. The predicted octanol–water partition coefficient (Wildman–Crippen LogP) is 1.50. The van der Waals surface area contributed by atoms with Crippen LogP contribution >= 0.6 is 0 Å². The summed E-state index contributed by atoms with van der Waals surface area (Å²) < 4.78 is 46.4. The van der Waals surface area contributed by atoms with E-state index in [0.29, 0.717) is 11.3 Å². The molecule has 1 unspecified atom stereocenters. The summed E-state index contributed by atoms with van der Waals surface area (Å²) in [5, 5.41) is 15.1. The van der Waals surface area contributed by atoms with Crippen LogP contribution in [-0.4, -0.2) is 52.8 Å². The third-order valence-corrected chi connectivity index (χ3v) is 4.46. The molecule has 3 N–H and O–H groups in total. The Kier molecular flexibility index (Phi) is 7.43. The highest BCUT2D eigenvalue weighted by molar-refractivity contribution is 5.97. The van der Waals surface area contributed by atoms with Gasteiger partial charge in [0.2, 0.25) is 11.5 Å². The van der Waals surface area contributed by atoms with Gasteiger partial charge in [0.15, 0.2) is 0 Å². The third kappa shape index (κ3) is 5.29. The molecule has 2 aromatic rings. The van der Waals surface area contributed by atoms with Gasteiger partial charge in [-0.05, 0) is 12.1 Å². The Morgan fingerprint density at radius 3 is 2.50 bits per heavy atom. The average molecular weight is 428 g/mol. The van der Waals surface area contributed by atoms with Gasteiger partial charge in [-0.2, -0.15) is 13.2 Å². The Morgan fingerprint density at radius 1 is 1.20 bits per heavy atom. The number of carbonyl (C=O) groups is 2. The number of amides is 2. The Balaban J connectivity index is 1.84. The minimum Gasteiger partial charge on any atom is -0.496 e. The lowest BCUT2D eigenvalue weighted by atomic mass is 9.97. The van der Waals surface area contributed by atoms with Gasteiger partial charge in [0.1, 0.15) is 11.6 Å². The van der Waals surface area contributed by atoms with E-state index in [9.17, 15) is 27.9 Å². The summed E-state index contributed by atoms with van der Waals surface area (Å²) in [4.78, 5) is 27.6. The molecule has 0 radical (unpaired) electrons. The fraction of sp³-hybridized carbons (Fsp3) is 0.421. The standard InChI is InChI=1S/C19H23F3N4O4/c1-26-12-11-25-17(26)18(29,19(20,21)22)8-10-23-15(27)7-9-24-16(28)13-5-3-4-6-14(13)30-2/h3-6,11-12,29H,7-10H2,1-2H3,(H,23,27)(H,24,28). The van der Waals surface area contributed by atoms with Gasteiger partial charge < -0.3 is 25.0 Å². The fourth-order valence-corrected chi connectivity index (χ4v) is 2.83. The van der Waals surface area contributed by atoms with Crippen LogP contribution in [0.4, 0.5) is 13.2 Å². The van der Waals surface area contributed by atoms with Crippen LogP contribution in [-0.2, 0) is 17.4 Å². The van der Waals surface area contributed by atoms with E-state index in [0.717, 1.165) is 10.8 Å². The van der Waals surface area contributed by atoms with Crippen LogP contribution in [0.15, 0.2) is 36.7 Å². The lowest BCUT2D eigenvalue weighted by Crippen LogP contribution is -2.46. The van der Waals surface area contributed by atoms with Crippen molar-refractivity contribution in [2.45, 2.75) is 24.6 Å². The van der Waals surface area contributed by atoms with Crippen LogP contribution in [0.1, 0.15) is 29.0 Å². The Bertz CT molecular complexity index is 885. The highest BCUT2D eigenvalue weighted by Crippen LogP contribution is 2.40. The molecule has 164 valence electrons. The molecule has 2 rings (SSSR count).